The van der Waals surface area contributed by atoms with Crippen molar-refractivity contribution in [3.63, 3.8) is 0 Å². The van der Waals surface area contributed by atoms with Gasteiger partial charge in [0.15, 0.2) is 0 Å². The minimum atomic E-state index is -3.20. The predicted octanol–water partition coefficient (Wildman–Crippen LogP) is 2.11. The molecule has 0 unspecified atom stereocenters. The van der Waals surface area contributed by atoms with Gasteiger partial charge in [-0.1, -0.05) is 29.8 Å². The van der Waals surface area contributed by atoms with Crippen LogP contribution in [0.25, 0.3) is 0 Å². The second-order valence-corrected chi connectivity index (χ2v) is 8.74. The van der Waals surface area contributed by atoms with Crippen molar-refractivity contribution in [1.82, 2.24) is 9.62 Å². The lowest BCUT2D eigenvalue weighted by Gasteiger charge is -2.30. The van der Waals surface area contributed by atoms with Gasteiger partial charge in [0.05, 0.1) is 11.7 Å². The Morgan fingerprint density at radius 3 is 2.67 bits per heavy atom. The molecule has 0 radical (unpaired) electrons. The highest BCUT2D eigenvalue weighted by Crippen LogP contribution is 2.19. The largest absolute Gasteiger partial charge is 0.356 e. The van der Waals surface area contributed by atoms with Crippen LogP contribution >= 0.6 is 0 Å². The van der Waals surface area contributed by atoms with Crippen molar-refractivity contribution in [2.45, 2.75) is 39.5 Å². The van der Waals surface area contributed by atoms with E-state index in [1.54, 1.807) is 6.92 Å². The maximum absolute atomic E-state index is 12.3. The molecule has 0 bridgehead atoms. The normalized spacial score (nSPS) is 19.2. The Labute approximate surface area is 145 Å². The van der Waals surface area contributed by atoms with E-state index in [0.717, 1.165) is 25.7 Å². The first-order chi connectivity index (χ1) is 11.4. The number of benzene rings is 1. The summed E-state index contributed by atoms with van der Waals surface area (Å²) in [6.45, 7) is 5.19. The highest BCUT2D eigenvalue weighted by Gasteiger charge is 2.31. The maximum Gasteiger partial charge on any atom is 0.224 e. The first-order valence-corrected chi connectivity index (χ1v) is 10.3. The van der Waals surface area contributed by atoms with Crippen LogP contribution in [-0.2, 0) is 21.2 Å². The lowest BCUT2D eigenvalue weighted by molar-refractivity contribution is -0.126. The van der Waals surface area contributed by atoms with Crippen molar-refractivity contribution in [1.29, 1.82) is 0 Å². The molecule has 6 heteroatoms. The summed E-state index contributed by atoms with van der Waals surface area (Å²) in [7, 11) is -3.20. The number of amides is 1. The third-order valence-electron chi connectivity index (χ3n) is 4.58. The van der Waals surface area contributed by atoms with Crippen LogP contribution in [0.5, 0.6) is 0 Å². The summed E-state index contributed by atoms with van der Waals surface area (Å²) in [6, 6.07) is 8.43. The van der Waals surface area contributed by atoms with Gasteiger partial charge in [-0.15, -0.1) is 0 Å². The molecule has 1 aromatic carbocycles. The van der Waals surface area contributed by atoms with E-state index in [1.165, 1.54) is 15.4 Å². The number of nitrogens with one attached hydrogen (secondary N) is 1. The van der Waals surface area contributed by atoms with Crippen molar-refractivity contribution in [2.75, 3.05) is 25.4 Å². The molecule has 0 aliphatic carbocycles. The van der Waals surface area contributed by atoms with Gasteiger partial charge in [-0.3, -0.25) is 4.79 Å². The molecule has 1 heterocycles. The average molecular weight is 353 g/mol. The van der Waals surface area contributed by atoms with Crippen LogP contribution in [-0.4, -0.2) is 44.0 Å². The number of sulfonamides is 1. The van der Waals surface area contributed by atoms with E-state index >= 15 is 0 Å². The molecule has 1 aliphatic heterocycles. The molecular formula is C18H28N2O3S. The zero-order valence-electron chi connectivity index (χ0n) is 14.6. The van der Waals surface area contributed by atoms with Crippen LogP contribution in [0.1, 0.15) is 37.3 Å². The monoisotopic (exact) mass is 352 g/mol. The SMILES string of the molecule is CCS(=O)(=O)N1CCC[C@@H](C(=O)NCCCc2ccc(C)cc2)C1. The number of hydrogen-bond donors (Lipinski definition) is 1. The zero-order chi connectivity index (χ0) is 17.6. The van der Waals surface area contributed by atoms with E-state index in [1.807, 2.05) is 0 Å². The van der Waals surface area contributed by atoms with Gasteiger partial charge in [-0.05, 0) is 45.1 Å². The predicted molar refractivity (Wildman–Crippen MR) is 96.3 cm³/mol. The third-order valence-corrected chi connectivity index (χ3v) is 6.42. The number of hydrogen-bond acceptors (Lipinski definition) is 3. The molecule has 0 spiro atoms. The van der Waals surface area contributed by atoms with E-state index in [0.29, 0.717) is 19.6 Å². The summed E-state index contributed by atoms with van der Waals surface area (Å²) in [5, 5.41) is 2.96. The fourth-order valence-corrected chi connectivity index (χ4v) is 4.17. The van der Waals surface area contributed by atoms with Gasteiger partial charge in [0.1, 0.15) is 0 Å². The van der Waals surface area contributed by atoms with Crippen molar-refractivity contribution in [2.24, 2.45) is 5.92 Å². The highest BCUT2D eigenvalue weighted by molar-refractivity contribution is 7.89. The van der Waals surface area contributed by atoms with Crippen LogP contribution in [0.15, 0.2) is 24.3 Å². The summed E-state index contributed by atoms with van der Waals surface area (Å²) in [6.07, 6.45) is 3.33. The Hall–Kier alpha value is -1.40. The Morgan fingerprint density at radius 1 is 1.29 bits per heavy atom. The topological polar surface area (TPSA) is 66.5 Å². The Balaban J connectivity index is 1.75. The summed E-state index contributed by atoms with van der Waals surface area (Å²) >= 11 is 0. The van der Waals surface area contributed by atoms with Gasteiger partial charge < -0.3 is 5.32 Å². The van der Waals surface area contributed by atoms with Gasteiger partial charge in [-0.2, -0.15) is 0 Å². The van der Waals surface area contributed by atoms with Gasteiger partial charge >= 0.3 is 0 Å². The molecular weight excluding hydrogens is 324 g/mol. The molecule has 5 nitrogen and oxygen atoms in total. The Kier molecular flexibility index (Phi) is 6.80. The molecule has 0 saturated carbocycles. The lowest BCUT2D eigenvalue weighted by Crippen LogP contribution is -2.46. The number of carbonyl (C=O) groups excluding carboxylic acids is 1. The fraction of sp³-hybridized carbons (Fsp3) is 0.611. The first-order valence-electron chi connectivity index (χ1n) is 8.73. The first kappa shape index (κ1) is 18.9. The summed E-state index contributed by atoms with van der Waals surface area (Å²) in [5.41, 5.74) is 2.52. The quantitative estimate of drug-likeness (QED) is 0.764. The lowest BCUT2D eigenvalue weighted by atomic mass is 9.99. The molecule has 1 aliphatic rings. The fourth-order valence-electron chi connectivity index (χ4n) is 2.99. The Morgan fingerprint density at radius 2 is 2.00 bits per heavy atom. The van der Waals surface area contributed by atoms with Crippen LogP contribution in [0, 0.1) is 12.8 Å². The zero-order valence-corrected chi connectivity index (χ0v) is 15.4. The smallest absolute Gasteiger partial charge is 0.224 e. The second-order valence-electron chi connectivity index (χ2n) is 6.48. The van der Waals surface area contributed by atoms with Gasteiger partial charge in [0, 0.05) is 19.6 Å². The van der Waals surface area contributed by atoms with E-state index in [9.17, 15) is 13.2 Å². The van der Waals surface area contributed by atoms with Gasteiger partial charge in [0.2, 0.25) is 15.9 Å². The van der Waals surface area contributed by atoms with Crippen molar-refractivity contribution >= 4 is 15.9 Å². The standard InChI is InChI=1S/C18H28N2O3S/c1-3-24(22,23)20-13-5-7-17(14-20)18(21)19-12-4-6-16-10-8-15(2)9-11-16/h8-11,17H,3-7,12-14H2,1-2H3,(H,19,21)/t17-/m1/s1. The molecule has 1 N–H and O–H groups in total. The van der Waals surface area contributed by atoms with Gasteiger partial charge in [0.25, 0.3) is 0 Å². The molecule has 0 aromatic heterocycles. The average Bonchev–Trinajstić information content (AvgIpc) is 2.60. The molecule has 1 fully saturated rings. The van der Waals surface area contributed by atoms with Crippen LogP contribution in [0.2, 0.25) is 0 Å². The summed E-state index contributed by atoms with van der Waals surface area (Å²) in [4.78, 5) is 12.3. The molecule has 1 atom stereocenters. The van der Waals surface area contributed by atoms with E-state index in [-0.39, 0.29) is 17.6 Å². The summed E-state index contributed by atoms with van der Waals surface area (Å²) < 4.78 is 25.4. The third kappa shape index (κ3) is 5.31. The second kappa shape index (κ2) is 8.62. The van der Waals surface area contributed by atoms with Gasteiger partial charge in [-0.25, -0.2) is 12.7 Å². The van der Waals surface area contributed by atoms with E-state index in [4.69, 9.17) is 0 Å². The van der Waals surface area contributed by atoms with Crippen LogP contribution in [0.3, 0.4) is 0 Å². The minimum Gasteiger partial charge on any atom is -0.356 e. The molecule has 24 heavy (non-hydrogen) atoms. The Bertz CT molecular complexity index is 641. The highest BCUT2D eigenvalue weighted by atomic mass is 32.2. The van der Waals surface area contributed by atoms with Crippen molar-refractivity contribution < 1.29 is 13.2 Å². The molecule has 1 aromatic rings. The maximum atomic E-state index is 12.3. The number of rotatable bonds is 7. The summed E-state index contributed by atoms with van der Waals surface area (Å²) in [5.74, 6) is -0.146. The van der Waals surface area contributed by atoms with E-state index in [2.05, 4.69) is 36.5 Å². The van der Waals surface area contributed by atoms with Crippen LogP contribution in [0.4, 0.5) is 0 Å². The molecule has 2 rings (SSSR count). The number of piperidine rings is 1. The molecule has 134 valence electrons. The minimum absolute atomic E-state index is 0.0186. The molecule has 1 amide bonds. The molecule has 1 saturated heterocycles. The van der Waals surface area contributed by atoms with E-state index < -0.39 is 10.0 Å². The number of aryl methyl sites for hydroxylation is 2. The number of carbonyl (C=O) groups is 1. The van der Waals surface area contributed by atoms with Crippen molar-refractivity contribution in [3.8, 4) is 0 Å². The van der Waals surface area contributed by atoms with Crippen LogP contribution < -0.4 is 5.32 Å². The number of nitrogens with zero attached hydrogens (tertiary/aromatic N) is 1. The van der Waals surface area contributed by atoms with Crippen molar-refractivity contribution in [3.05, 3.63) is 35.4 Å².